The number of nitrogens with one attached hydrogen (secondary N) is 3. The number of fused-ring (bicyclic) bond motifs is 3. The first-order valence-corrected chi connectivity index (χ1v) is 27.4. The Morgan fingerprint density at radius 1 is 0.549 bits per heavy atom. The number of alkyl carbamates (subject to hydrolysis) is 2. The predicted molar refractivity (Wildman–Crippen MR) is 308 cm³/mol. The fourth-order valence-corrected chi connectivity index (χ4v) is 10.6. The van der Waals surface area contributed by atoms with Gasteiger partial charge in [0.25, 0.3) is 0 Å². The average molecular weight is 1230 g/mol. The summed E-state index contributed by atoms with van der Waals surface area (Å²) in [6.07, 6.45) is -7.21. The maximum atomic E-state index is 13.4. The molecule has 0 aliphatic carbocycles. The third kappa shape index (κ3) is 18.9. The Morgan fingerprint density at radius 2 is 0.939 bits per heavy atom. The third-order valence-corrected chi connectivity index (χ3v) is 13.9. The summed E-state index contributed by atoms with van der Waals surface area (Å²) in [6, 6.07) is 17.6. The molecule has 2 amide bonds. The number of alkyl halides is 9. The summed E-state index contributed by atoms with van der Waals surface area (Å²) in [6.45, 7) is 21.8. The molecule has 13 nitrogen and oxygen atoms in total. The Kier molecular flexibility index (Phi) is 22.3. The Morgan fingerprint density at radius 3 is 1.37 bits per heavy atom. The molecule has 3 saturated heterocycles. The maximum Gasteiger partial charge on any atom is 0.418 e. The molecule has 23 heteroatoms. The largest absolute Gasteiger partial charge is 0.444 e. The van der Waals surface area contributed by atoms with Gasteiger partial charge in [0.2, 0.25) is 0 Å². The van der Waals surface area contributed by atoms with Crippen molar-refractivity contribution >= 4 is 72.2 Å². The molecule has 0 spiro atoms. The van der Waals surface area contributed by atoms with Gasteiger partial charge in [0, 0.05) is 101 Å². The number of hydrogen-bond donors (Lipinski definition) is 4. The first-order valence-electron chi connectivity index (χ1n) is 26.6. The summed E-state index contributed by atoms with van der Waals surface area (Å²) < 4.78 is 128. The SMILES string of the molecule is C.C[C@@H]1CNC[C@H](NC(=O)OC(C)(C)C)C1.C[C@H]1C[C@@H](N)CN(c2ccc(C(F)(F)F)c3ncccc23)C1.C[C@H]1C[C@@H](NC(=O)OC(C)(C)C)CN(c2ccc(C(F)(F)F)c3ncccc23)C1.FC(F)(F)c1ccc(Br)c2cccnc12. The van der Waals surface area contributed by atoms with E-state index in [0.29, 0.717) is 57.8 Å². The minimum absolute atomic E-state index is 0. The smallest absolute Gasteiger partial charge is 0.418 e. The van der Waals surface area contributed by atoms with Crippen LogP contribution in [0.5, 0.6) is 0 Å². The quantitative estimate of drug-likeness (QED) is 0.124. The summed E-state index contributed by atoms with van der Waals surface area (Å²) >= 11 is 3.19. The van der Waals surface area contributed by atoms with Crippen LogP contribution in [-0.4, -0.2) is 95.7 Å². The number of carbonyl (C=O) groups is 2. The number of halogens is 10. The van der Waals surface area contributed by atoms with Crippen molar-refractivity contribution < 1.29 is 58.6 Å². The molecular weight excluding hydrogens is 1150 g/mol. The number of anilines is 2. The van der Waals surface area contributed by atoms with Crippen molar-refractivity contribution in [3.63, 3.8) is 0 Å². The number of aromatic nitrogens is 3. The van der Waals surface area contributed by atoms with Gasteiger partial charge in [-0.3, -0.25) is 15.0 Å². The van der Waals surface area contributed by atoms with Crippen LogP contribution in [-0.2, 0) is 28.0 Å². The molecule has 0 radical (unpaired) electrons. The zero-order valence-corrected chi connectivity index (χ0v) is 48.3. The van der Waals surface area contributed by atoms with Crippen molar-refractivity contribution in [3.05, 3.63) is 113 Å². The molecule has 6 aromatic rings. The van der Waals surface area contributed by atoms with Crippen molar-refractivity contribution in [1.29, 1.82) is 0 Å². The number of benzene rings is 3. The normalized spacial score (nSPS) is 20.6. The molecule has 450 valence electrons. The lowest BCUT2D eigenvalue weighted by Crippen LogP contribution is -2.51. The lowest BCUT2D eigenvalue weighted by Gasteiger charge is -2.39. The fourth-order valence-electron chi connectivity index (χ4n) is 10.2. The average Bonchev–Trinajstić information content (AvgIpc) is 3.26. The minimum atomic E-state index is -4.47. The summed E-state index contributed by atoms with van der Waals surface area (Å²) in [5.74, 6) is 1.27. The molecule has 3 fully saturated rings. The van der Waals surface area contributed by atoms with Crippen molar-refractivity contribution in [2.24, 2.45) is 23.5 Å². The summed E-state index contributed by atoms with van der Waals surface area (Å²) in [7, 11) is 0. The van der Waals surface area contributed by atoms with Crippen molar-refractivity contribution in [2.75, 3.05) is 49.1 Å². The molecule has 0 unspecified atom stereocenters. The number of piperidine rings is 3. The van der Waals surface area contributed by atoms with Crippen molar-refractivity contribution in [1.82, 2.24) is 30.9 Å². The minimum Gasteiger partial charge on any atom is -0.444 e. The van der Waals surface area contributed by atoms with E-state index in [1.807, 2.05) is 25.7 Å². The van der Waals surface area contributed by atoms with Gasteiger partial charge in [-0.05, 0) is 152 Å². The van der Waals surface area contributed by atoms with E-state index in [4.69, 9.17) is 15.2 Å². The molecule has 5 N–H and O–H groups in total. The van der Waals surface area contributed by atoms with Gasteiger partial charge in [-0.25, -0.2) is 9.59 Å². The topological polar surface area (TPSA) is 160 Å². The molecule has 0 saturated carbocycles. The molecule has 0 bridgehead atoms. The highest BCUT2D eigenvalue weighted by Crippen LogP contribution is 2.41. The molecule has 9 rings (SSSR count). The Labute approximate surface area is 481 Å². The van der Waals surface area contributed by atoms with Crippen LogP contribution in [0.15, 0.2) is 95.9 Å². The van der Waals surface area contributed by atoms with E-state index in [-0.39, 0.29) is 54.1 Å². The summed E-state index contributed by atoms with van der Waals surface area (Å²) in [4.78, 5) is 39.4. The number of rotatable bonds is 4. The van der Waals surface area contributed by atoms with Crippen LogP contribution in [0.1, 0.15) is 106 Å². The second-order valence-electron chi connectivity index (χ2n) is 23.0. The zero-order valence-electron chi connectivity index (χ0n) is 46.7. The van der Waals surface area contributed by atoms with Gasteiger partial charge < -0.3 is 41.0 Å². The molecule has 82 heavy (non-hydrogen) atoms. The summed E-state index contributed by atoms with van der Waals surface area (Å²) in [5, 5.41) is 10.5. The number of amides is 2. The molecule has 3 aromatic carbocycles. The van der Waals surface area contributed by atoms with Crippen molar-refractivity contribution in [3.8, 4) is 0 Å². The van der Waals surface area contributed by atoms with E-state index in [2.05, 4.69) is 72.5 Å². The number of pyridine rings is 3. The van der Waals surface area contributed by atoms with Gasteiger partial charge in [0.1, 0.15) is 11.2 Å². The number of ether oxygens (including phenoxy) is 2. The van der Waals surface area contributed by atoms with E-state index < -0.39 is 52.5 Å². The number of hydrogen-bond acceptors (Lipinski definition) is 11. The first-order chi connectivity index (χ1) is 37.7. The molecule has 6 heterocycles. The van der Waals surface area contributed by atoms with E-state index in [9.17, 15) is 49.1 Å². The molecular formula is C59H75BrF9N9O4. The Bertz CT molecular complexity index is 3090. The van der Waals surface area contributed by atoms with Crippen LogP contribution in [0.2, 0.25) is 0 Å². The standard InChI is InChI=1S/C21H26F3N3O2.C16H18F3N3.C11H22N2O2.C10H5BrF3N.CH4/c1-13-10-14(26-19(28)29-20(2,3)4)12-27(11-13)17-8-7-16(21(22,23)24)18-15(17)6-5-9-25-18;1-10-7-11(20)9-22(8-10)14-5-4-13(16(17,18)19)15-12(14)3-2-6-21-15;1-8-5-9(7-12-6-8)13-10(14)15-11(2,3)4;11-8-4-3-7(10(12,13)14)9-6(8)2-1-5-15-9;/h5-9,13-14H,10-12H2,1-4H3,(H,26,28);2-6,10-11H,7-9,20H2,1H3;8-9,12H,5-7H2,1-4H3,(H,13,14);1-5H;1H4/t13-,14+;10-,11+;8-,9+;;/m000../s1. The van der Waals surface area contributed by atoms with Gasteiger partial charge >= 0.3 is 30.7 Å². The van der Waals surface area contributed by atoms with E-state index in [1.165, 1.54) is 36.8 Å². The number of nitrogens with two attached hydrogens (primary N) is 1. The molecule has 3 aliphatic heterocycles. The molecule has 3 aliphatic rings. The van der Waals surface area contributed by atoms with Crippen LogP contribution in [0.25, 0.3) is 32.7 Å². The van der Waals surface area contributed by atoms with Gasteiger partial charge in [-0.1, -0.05) is 50.2 Å². The van der Waals surface area contributed by atoms with Crippen LogP contribution < -0.4 is 31.5 Å². The Hall–Kier alpha value is -6.20. The van der Waals surface area contributed by atoms with Crippen LogP contribution >= 0.6 is 15.9 Å². The second kappa shape index (κ2) is 27.5. The highest BCUT2D eigenvalue weighted by molar-refractivity contribution is 9.10. The van der Waals surface area contributed by atoms with Crippen LogP contribution in [0, 0.1) is 17.8 Å². The fraction of sp³-hybridized carbons (Fsp3) is 0.508. The van der Waals surface area contributed by atoms with Crippen LogP contribution in [0.4, 0.5) is 60.5 Å². The van der Waals surface area contributed by atoms with Gasteiger partial charge in [-0.15, -0.1) is 0 Å². The van der Waals surface area contributed by atoms with E-state index in [1.54, 1.807) is 57.2 Å². The Balaban J connectivity index is 0.000000207. The van der Waals surface area contributed by atoms with Crippen LogP contribution in [0.3, 0.4) is 0 Å². The van der Waals surface area contributed by atoms with Gasteiger partial charge in [-0.2, -0.15) is 39.5 Å². The van der Waals surface area contributed by atoms with Gasteiger partial charge in [0.05, 0.1) is 33.2 Å². The first kappa shape index (κ1) is 66.6. The predicted octanol–water partition coefficient (Wildman–Crippen LogP) is 14.6. The van der Waals surface area contributed by atoms with Crippen molar-refractivity contribution in [2.45, 2.75) is 137 Å². The highest BCUT2D eigenvalue weighted by atomic mass is 79.9. The summed E-state index contributed by atoms with van der Waals surface area (Å²) in [5.41, 5.74) is 4.26. The number of nitrogens with zero attached hydrogens (tertiary/aromatic N) is 5. The van der Waals surface area contributed by atoms with Gasteiger partial charge in [0.15, 0.2) is 0 Å². The van der Waals surface area contributed by atoms with E-state index in [0.717, 1.165) is 62.8 Å². The third-order valence-electron chi connectivity index (χ3n) is 13.2. The molecule has 3 aromatic heterocycles. The maximum absolute atomic E-state index is 13.4. The highest BCUT2D eigenvalue weighted by Gasteiger charge is 2.37. The molecule has 6 atom stereocenters. The lowest BCUT2D eigenvalue weighted by molar-refractivity contribution is -0.137. The second-order valence-corrected chi connectivity index (χ2v) is 23.8. The lowest BCUT2D eigenvalue weighted by atomic mass is 9.94. The number of carbonyl (C=O) groups excluding carboxylic acids is 2. The van der Waals surface area contributed by atoms with E-state index >= 15 is 0 Å². The monoisotopic (exact) mass is 1220 g/mol. The zero-order chi connectivity index (χ0) is 59.8.